The molecule has 0 spiro atoms. The number of carbonyl (C=O) groups excluding carboxylic acids is 1. The molecule has 140 valence electrons. The molecule has 0 bridgehead atoms. The van der Waals surface area contributed by atoms with Crippen LogP contribution in [-0.2, 0) is 18.3 Å². The normalized spacial score (nSPS) is 11.9. The summed E-state index contributed by atoms with van der Waals surface area (Å²) in [6.45, 7) is 1.97. The molecular weight excluding hydrogens is 345 g/mol. The predicted octanol–water partition coefficient (Wildman–Crippen LogP) is 3.32. The van der Waals surface area contributed by atoms with Crippen molar-refractivity contribution in [3.05, 3.63) is 83.2 Å². The van der Waals surface area contributed by atoms with Crippen LogP contribution in [0.25, 0.3) is 0 Å². The molecule has 0 aliphatic carbocycles. The van der Waals surface area contributed by atoms with Crippen molar-refractivity contribution in [3.8, 4) is 5.75 Å². The lowest BCUT2D eigenvalue weighted by Crippen LogP contribution is -2.32. The molecule has 0 aliphatic rings. The lowest BCUT2D eigenvalue weighted by Gasteiger charge is -2.20. The first kappa shape index (κ1) is 18.6. The Morgan fingerprint density at radius 2 is 2.00 bits per heavy atom. The van der Waals surface area contributed by atoms with Crippen molar-refractivity contribution in [2.75, 3.05) is 7.11 Å². The minimum absolute atomic E-state index is 0.170. The van der Waals surface area contributed by atoms with Crippen LogP contribution in [-0.4, -0.2) is 22.6 Å². The van der Waals surface area contributed by atoms with Crippen LogP contribution in [0, 0.1) is 12.7 Å². The Morgan fingerprint density at radius 3 is 2.63 bits per heavy atom. The number of imidazole rings is 1. The third kappa shape index (κ3) is 4.34. The van der Waals surface area contributed by atoms with Gasteiger partial charge in [0, 0.05) is 25.0 Å². The zero-order valence-corrected chi connectivity index (χ0v) is 15.6. The highest BCUT2D eigenvalue weighted by Gasteiger charge is 2.21. The second-order valence-corrected chi connectivity index (χ2v) is 6.44. The summed E-state index contributed by atoms with van der Waals surface area (Å²) in [7, 11) is 3.44. The molecule has 5 nitrogen and oxygen atoms in total. The number of ether oxygens (including phenoxy) is 1. The first-order chi connectivity index (χ1) is 13.0. The molecule has 1 N–H and O–H groups in total. The monoisotopic (exact) mass is 367 g/mol. The van der Waals surface area contributed by atoms with Gasteiger partial charge in [-0.25, -0.2) is 9.37 Å². The van der Waals surface area contributed by atoms with Gasteiger partial charge < -0.3 is 14.6 Å². The molecule has 0 radical (unpaired) electrons. The third-order valence-electron chi connectivity index (χ3n) is 4.41. The highest BCUT2D eigenvalue weighted by molar-refractivity contribution is 5.80. The van der Waals surface area contributed by atoms with Gasteiger partial charge in [0.05, 0.1) is 13.5 Å². The van der Waals surface area contributed by atoms with E-state index in [1.54, 1.807) is 25.4 Å². The van der Waals surface area contributed by atoms with E-state index in [1.165, 1.54) is 12.1 Å². The molecule has 2 aromatic carbocycles. The highest BCUT2D eigenvalue weighted by atomic mass is 19.1. The standard InChI is InChI=1S/C21H22FN3O2/c1-14-4-9-18(27-3)16(12-14)13-19(26)24-20(21-23-10-11-25(21)2)15-5-7-17(22)8-6-15/h4-12,20H,13H2,1-3H3,(H,24,26)/t20-/m1/s1. The van der Waals surface area contributed by atoms with Crippen molar-refractivity contribution in [1.29, 1.82) is 0 Å². The van der Waals surface area contributed by atoms with Gasteiger partial charge in [0.15, 0.2) is 0 Å². The van der Waals surface area contributed by atoms with Crippen LogP contribution >= 0.6 is 0 Å². The summed E-state index contributed by atoms with van der Waals surface area (Å²) < 4.78 is 20.5. The molecule has 1 amide bonds. The van der Waals surface area contributed by atoms with E-state index in [2.05, 4.69) is 10.3 Å². The third-order valence-corrected chi connectivity index (χ3v) is 4.41. The van der Waals surface area contributed by atoms with E-state index in [0.29, 0.717) is 11.6 Å². The van der Waals surface area contributed by atoms with Crippen molar-refractivity contribution in [2.45, 2.75) is 19.4 Å². The van der Waals surface area contributed by atoms with Gasteiger partial charge in [-0.2, -0.15) is 0 Å². The Hall–Kier alpha value is -3.15. The molecule has 0 saturated heterocycles. The molecule has 6 heteroatoms. The Bertz CT molecular complexity index is 935. The zero-order valence-electron chi connectivity index (χ0n) is 15.6. The van der Waals surface area contributed by atoms with E-state index < -0.39 is 6.04 Å². The number of amides is 1. The quantitative estimate of drug-likeness (QED) is 0.727. The number of hydrogen-bond donors (Lipinski definition) is 1. The molecular formula is C21H22FN3O2. The van der Waals surface area contributed by atoms with Gasteiger partial charge in [-0.3, -0.25) is 4.79 Å². The number of nitrogens with zero attached hydrogens (tertiary/aromatic N) is 2. The summed E-state index contributed by atoms with van der Waals surface area (Å²) in [4.78, 5) is 17.1. The number of methoxy groups -OCH3 is 1. The van der Waals surface area contributed by atoms with Crippen molar-refractivity contribution < 1.29 is 13.9 Å². The number of aromatic nitrogens is 2. The number of nitrogens with one attached hydrogen (secondary N) is 1. The molecule has 0 fully saturated rings. The molecule has 27 heavy (non-hydrogen) atoms. The average Bonchev–Trinajstić information content (AvgIpc) is 3.06. The second-order valence-electron chi connectivity index (χ2n) is 6.44. The first-order valence-electron chi connectivity index (χ1n) is 8.63. The van der Waals surface area contributed by atoms with Crippen LogP contribution in [0.5, 0.6) is 5.75 Å². The average molecular weight is 367 g/mol. The predicted molar refractivity (Wildman–Crippen MR) is 101 cm³/mol. The van der Waals surface area contributed by atoms with Crippen molar-refractivity contribution in [2.24, 2.45) is 7.05 Å². The number of carbonyl (C=O) groups is 1. The van der Waals surface area contributed by atoms with Gasteiger partial charge >= 0.3 is 0 Å². The first-order valence-corrected chi connectivity index (χ1v) is 8.63. The van der Waals surface area contributed by atoms with Gasteiger partial charge in [-0.15, -0.1) is 0 Å². The minimum Gasteiger partial charge on any atom is -0.496 e. The van der Waals surface area contributed by atoms with E-state index >= 15 is 0 Å². The zero-order chi connectivity index (χ0) is 19.4. The fourth-order valence-corrected chi connectivity index (χ4v) is 3.04. The summed E-state index contributed by atoms with van der Waals surface area (Å²) in [6, 6.07) is 11.3. The van der Waals surface area contributed by atoms with E-state index in [0.717, 1.165) is 16.7 Å². The van der Waals surface area contributed by atoms with E-state index in [-0.39, 0.29) is 18.1 Å². The maximum Gasteiger partial charge on any atom is 0.225 e. The van der Waals surface area contributed by atoms with E-state index in [4.69, 9.17) is 4.74 Å². The highest BCUT2D eigenvalue weighted by Crippen LogP contribution is 2.23. The largest absolute Gasteiger partial charge is 0.496 e. The second kappa shape index (κ2) is 8.03. The van der Waals surface area contributed by atoms with Gasteiger partial charge in [-0.1, -0.05) is 29.8 Å². The van der Waals surface area contributed by atoms with Crippen LogP contribution in [0.15, 0.2) is 54.9 Å². The number of hydrogen-bond acceptors (Lipinski definition) is 3. The number of aryl methyl sites for hydroxylation is 2. The molecule has 1 atom stereocenters. The van der Waals surface area contributed by atoms with E-state index in [1.807, 2.05) is 42.9 Å². The summed E-state index contributed by atoms with van der Waals surface area (Å²) >= 11 is 0. The summed E-state index contributed by atoms with van der Waals surface area (Å²) in [5, 5.41) is 3.01. The Balaban J connectivity index is 1.86. The fourth-order valence-electron chi connectivity index (χ4n) is 3.04. The van der Waals surface area contributed by atoms with Crippen molar-refractivity contribution in [1.82, 2.24) is 14.9 Å². The molecule has 0 saturated carbocycles. The molecule has 3 rings (SSSR count). The maximum atomic E-state index is 13.3. The van der Waals surface area contributed by atoms with Gasteiger partial charge in [0.2, 0.25) is 5.91 Å². The lowest BCUT2D eigenvalue weighted by atomic mass is 10.0. The van der Waals surface area contributed by atoms with Gasteiger partial charge in [-0.05, 0) is 30.7 Å². The smallest absolute Gasteiger partial charge is 0.225 e. The Morgan fingerprint density at radius 1 is 1.26 bits per heavy atom. The SMILES string of the molecule is COc1ccc(C)cc1CC(=O)N[C@H](c1ccc(F)cc1)c1nccn1C. The Labute approximate surface area is 157 Å². The maximum absolute atomic E-state index is 13.3. The van der Waals surface area contributed by atoms with Gasteiger partial charge in [0.1, 0.15) is 23.4 Å². The Kier molecular flexibility index (Phi) is 5.54. The molecule has 0 unspecified atom stereocenters. The van der Waals surface area contributed by atoms with Crippen LogP contribution in [0.2, 0.25) is 0 Å². The summed E-state index contributed by atoms with van der Waals surface area (Å²) in [6.07, 6.45) is 3.65. The molecule has 3 aromatic rings. The minimum atomic E-state index is -0.478. The topological polar surface area (TPSA) is 56.1 Å². The van der Waals surface area contributed by atoms with Crippen LogP contribution in [0.4, 0.5) is 4.39 Å². The van der Waals surface area contributed by atoms with Gasteiger partial charge in [0.25, 0.3) is 0 Å². The summed E-state index contributed by atoms with van der Waals surface area (Å²) in [5.74, 6) is 0.849. The number of benzene rings is 2. The molecule has 1 aromatic heterocycles. The lowest BCUT2D eigenvalue weighted by molar-refractivity contribution is -0.121. The summed E-state index contributed by atoms with van der Waals surface area (Å²) in [5.41, 5.74) is 2.63. The van der Waals surface area contributed by atoms with E-state index in [9.17, 15) is 9.18 Å². The fraction of sp³-hybridized carbons (Fsp3) is 0.238. The molecule has 1 heterocycles. The number of rotatable bonds is 6. The number of halogens is 1. The van der Waals surface area contributed by atoms with Crippen LogP contribution in [0.3, 0.4) is 0 Å². The van der Waals surface area contributed by atoms with Crippen LogP contribution in [0.1, 0.15) is 28.6 Å². The van der Waals surface area contributed by atoms with Crippen LogP contribution < -0.4 is 10.1 Å². The van der Waals surface area contributed by atoms with Crippen molar-refractivity contribution in [3.63, 3.8) is 0 Å². The molecule has 0 aliphatic heterocycles. The van der Waals surface area contributed by atoms with Crippen molar-refractivity contribution >= 4 is 5.91 Å².